The van der Waals surface area contributed by atoms with Gasteiger partial charge in [0.2, 0.25) is 0 Å². The maximum absolute atomic E-state index is 6.37. The summed E-state index contributed by atoms with van der Waals surface area (Å²) in [5.41, 5.74) is 6.67. The van der Waals surface area contributed by atoms with E-state index in [-0.39, 0.29) is 0 Å². The molecule has 2 nitrogen and oxygen atoms in total. The van der Waals surface area contributed by atoms with Crippen LogP contribution in [0.2, 0.25) is 0 Å². The molecule has 2 aliphatic rings. The molecule has 0 aromatic rings. The van der Waals surface area contributed by atoms with Crippen molar-refractivity contribution in [1.82, 2.24) is 4.90 Å². The van der Waals surface area contributed by atoms with Crippen molar-refractivity contribution < 1.29 is 0 Å². The second-order valence-corrected chi connectivity index (χ2v) is 7.30. The average Bonchev–Trinajstić information content (AvgIpc) is 2.63. The zero-order chi connectivity index (χ0) is 13.9. The smallest absolute Gasteiger partial charge is 0.0365 e. The molecule has 112 valence electrons. The minimum atomic E-state index is 0.302. The van der Waals surface area contributed by atoms with Crippen LogP contribution in [-0.2, 0) is 0 Å². The molecular formula is C17H34N2. The van der Waals surface area contributed by atoms with E-state index in [0.29, 0.717) is 5.54 Å². The monoisotopic (exact) mass is 266 g/mol. The molecule has 0 radical (unpaired) electrons. The molecule has 1 saturated carbocycles. The molecule has 3 unspecified atom stereocenters. The van der Waals surface area contributed by atoms with Gasteiger partial charge in [-0.2, -0.15) is 0 Å². The molecule has 0 bridgehead atoms. The van der Waals surface area contributed by atoms with Gasteiger partial charge in [-0.15, -0.1) is 0 Å². The summed E-state index contributed by atoms with van der Waals surface area (Å²) in [7, 11) is 0. The van der Waals surface area contributed by atoms with Crippen molar-refractivity contribution in [3.05, 3.63) is 0 Å². The zero-order valence-electron chi connectivity index (χ0n) is 13.3. The molecule has 1 saturated heterocycles. The van der Waals surface area contributed by atoms with E-state index < -0.39 is 0 Å². The van der Waals surface area contributed by atoms with E-state index in [1.165, 1.54) is 57.9 Å². The lowest BCUT2D eigenvalue weighted by molar-refractivity contribution is -0.0352. The SMILES string of the molecule is CC(C)C1CCCCC1(CN)N1CCCCCC1C. The fraction of sp³-hybridized carbons (Fsp3) is 1.00. The van der Waals surface area contributed by atoms with Gasteiger partial charge in [0.1, 0.15) is 0 Å². The minimum absolute atomic E-state index is 0.302. The molecule has 2 fully saturated rings. The second-order valence-electron chi connectivity index (χ2n) is 7.30. The summed E-state index contributed by atoms with van der Waals surface area (Å²) >= 11 is 0. The lowest BCUT2D eigenvalue weighted by Crippen LogP contribution is -2.63. The Hall–Kier alpha value is -0.0800. The Bertz CT molecular complexity index is 276. The standard InChI is InChI=1S/C17H34N2/c1-14(2)16-10-6-7-11-17(16,13-18)19-12-8-4-5-9-15(19)3/h14-16H,4-13,18H2,1-3H3. The lowest BCUT2D eigenvalue weighted by atomic mass is 9.66. The van der Waals surface area contributed by atoms with E-state index in [1.54, 1.807) is 0 Å². The van der Waals surface area contributed by atoms with E-state index in [9.17, 15) is 0 Å². The predicted molar refractivity (Wildman–Crippen MR) is 83.2 cm³/mol. The van der Waals surface area contributed by atoms with E-state index >= 15 is 0 Å². The predicted octanol–water partition coefficient (Wildman–Crippen LogP) is 3.79. The zero-order valence-corrected chi connectivity index (χ0v) is 13.3. The van der Waals surface area contributed by atoms with Crippen LogP contribution in [0.1, 0.15) is 72.1 Å². The van der Waals surface area contributed by atoms with Gasteiger partial charge in [-0.05, 0) is 51.0 Å². The number of hydrogen-bond donors (Lipinski definition) is 1. The van der Waals surface area contributed by atoms with E-state index in [4.69, 9.17) is 5.73 Å². The van der Waals surface area contributed by atoms with Gasteiger partial charge in [0.05, 0.1) is 0 Å². The van der Waals surface area contributed by atoms with E-state index in [1.807, 2.05) is 0 Å². The van der Waals surface area contributed by atoms with Gasteiger partial charge in [-0.3, -0.25) is 4.90 Å². The van der Waals surface area contributed by atoms with Crippen molar-refractivity contribution in [3.8, 4) is 0 Å². The Labute approximate surface area is 120 Å². The van der Waals surface area contributed by atoms with Crippen LogP contribution in [0, 0.1) is 11.8 Å². The molecule has 0 amide bonds. The van der Waals surface area contributed by atoms with Gasteiger partial charge >= 0.3 is 0 Å². The van der Waals surface area contributed by atoms with Gasteiger partial charge in [-0.25, -0.2) is 0 Å². The molecule has 0 aromatic carbocycles. The molecule has 2 rings (SSSR count). The van der Waals surface area contributed by atoms with Crippen LogP contribution in [0.25, 0.3) is 0 Å². The van der Waals surface area contributed by atoms with Gasteiger partial charge in [0.25, 0.3) is 0 Å². The van der Waals surface area contributed by atoms with Crippen LogP contribution >= 0.6 is 0 Å². The van der Waals surface area contributed by atoms with E-state index in [2.05, 4.69) is 25.7 Å². The highest BCUT2D eigenvalue weighted by Crippen LogP contribution is 2.44. The van der Waals surface area contributed by atoms with Crippen molar-refractivity contribution in [2.75, 3.05) is 13.1 Å². The molecule has 0 spiro atoms. The normalized spacial score (nSPS) is 38.4. The second kappa shape index (κ2) is 6.58. The highest BCUT2D eigenvalue weighted by molar-refractivity contribution is 5.02. The van der Waals surface area contributed by atoms with Gasteiger partial charge in [0.15, 0.2) is 0 Å². The van der Waals surface area contributed by atoms with Crippen LogP contribution < -0.4 is 5.73 Å². The summed E-state index contributed by atoms with van der Waals surface area (Å²) in [5, 5.41) is 0. The number of nitrogens with two attached hydrogens (primary N) is 1. The topological polar surface area (TPSA) is 29.3 Å². The first-order valence-electron chi connectivity index (χ1n) is 8.58. The Balaban J connectivity index is 2.26. The lowest BCUT2D eigenvalue weighted by Gasteiger charge is -2.54. The van der Waals surface area contributed by atoms with Crippen LogP contribution in [0.3, 0.4) is 0 Å². The molecule has 19 heavy (non-hydrogen) atoms. The van der Waals surface area contributed by atoms with Crippen molar-refractivity contribution >= 4 is 0 Å². The fourth-order valence-corrected chi connectivity index (χ4v) is 4.87. The summed E-state index contributed by atoms with van der Waals surface area (Å²) in [4.78, 5) is 2.84. The van der Waals surface area contributed by atoms with Crippen LogP contribution in [-0.4, -0.2) is 29.6 Å². The largest absolute Gasteiger partial charge is 0.329 e. The van der Waals surface area contributed by atoms with Crippen molar-refractivity contribution in [1.29, 1.82) is 0 Å². The molecule has 3 atom stereocenters. The van der Waals surface area contributed by atoms with E-state index in [0.717, 1.165) is 24.4 Å². The van der Waals surface area contributed by atoms with Crippen molar-refractivity contribution in [3.63, 3.8) is 0 Å². The highest BCUT2D eigenvalue weighted by atomic mass is 15.2. The maximum Gasteiger partial charge on any atom is 0.0365 e. The third kappa shape index (κ3) is 3.00. The van der Waals surface area contributed by atoms with Crippen molar-refractivity contribution in [2.45, 2.75) is 83.7 Å². The number of nitrogens with zero attached hydrogens (tertiary/aromatic N) is 1. The van der Waals surface area contributed by atoms with Crippen LogP contribution in [0.4, 0.5) is 0 Å². The third-order valence-corrected chi connectivity index (χ3v) is 5.85. The number of likely N-dealkylation sites (tertiary alicyclic amines) is 1. The summed E-state index contributed by atoms with van der Waals surface area (Å²) in [6.45, 7) is 9.39. The van der Waals surface area contributed by atoms with Crippen LogP contribution in [0.5, 0.6) is 0 Å². The summed E-state index contributed by atoms with van der Waals surface area (Å²) in [6.07, 6.45) is 11.1. The third-order valence-electron chi connectivity index (χ3n) is 5.85. The molecule has 1 aliphatic heterocycles. The van der Waals surface area contributed by atoms with Gasteiger partial charge in [-0.1, -0.05) is 39.5 Å². The average molecular weight is 266 g/mol. The van der Waals surface area contributed by atoms with Crippen molar-refractivity contribution in [2.24, 2.45) is 17.6 Å². The quantitative estimate of drug-likeness (QED) is 0.842. The maximum atomic E-state index is 6.37. The Morgan fingerprint density at radius 3 is 2.53 bits per heavy atom. The first-order chi connectivity index (χ1) is 9.12. The molecule has 1 heterocycles. The van der Waals surface area contributed by atoms with Gasteiger partial charge < -0.3 is 5.73 Å². The first-order valence-corrected chi connectivity index (χ1v) is 8.58. The number of hydrogen-bond acceptors (Lipinski definition) is 2. The fourth-order valence-electron chi connectivity index (χ4n) is 4.87. The number of rotatable bonds is 3. The minimum Gasteiger partial charge on any atom is -0.329 e. The Morgan fingerprint density at radius 2 is 1.84 bits per heavy atom. The Kier molecular flexibility index (Phi) is 5.30. The molecule has 0 aromatic heterocycles. The summed E-state index contributed by atoms with van der Waals surface area (Å²) < 4.78 is 0. The van der Waals surface area contributed by atoms with Crippen LogP contribution in [0.15, 0.2) is 0 Å². The molecule has 1 aliphatic carbocycles. The Morgan fingerprint density at radius 1 is 1.11 bits per heavy atom. The highest BCUT2D eigenvalue weighted by Gasteiger charge is 2.46. The first kappa shape index (κ1) is 15.3. The summed E-state index contributed by atoms with van der Waals surface area (Å²) in [5.74, 6) is 1.56. The summed E-state index contributed by atoms with van der Waals surface area (Å²) in [6, 6.07) is 0.727. The molecular weight excluding hydrogens is 232 g/mol. The molecule has 2 heteroatoms. The molecule has 2 N–H and O–H groups in total. The van der Waals surface area contributed by atoms with Gasteiger partial charge in [0, 0.05) is 18.1 Å².